The van der Waals surface area contributed by atoms with Gasteiger partial charge in [-0.3, -0.25) is 23.9 Å². The summed E-state index contributed by atoms with van der Waals surface area (Å²) in [6, 6.07) is 14.0. The van der Waals surface area contributed by atoms with E-state index in [9.17, 15) is 32.4 Å². The first-order valence-corrected chi connectivity index (χ1v) is 19.5. The monoisotopic (exact) mass is 775 g/mol. The zero-order valence-electron chi connectivity index (χ0n) is 31.3. The number of sulfonamides is 1. The molecule has 3 aliphatic rings. The van der Waals surface area contributed by atoms with Crippen LogP contribution >= 0.6 is 0 Å². The van der Waals surface area contributed by atoms with Crippen LogP contribution in [0.15, 0.2) is 67.3 Å². The van der Waals surface area contributed by atoms with Gasteiger partial charge in [0.15, 0.2) is 0 Å². The van der Waals surface area contributed by atoms with Gasteiger partial charge >= 0.3 is 11.9 Å². The number of benzene rings is 2. The summed E-state index contributed by atoms with van der Waals surface area (Å²) < 4.78 is 44.2. The molecule has 0 bridgehead atoms. The number of nitrogens with one attached hydrogen (secondary N) is 3. The maximum Gasteiger partial charge on any atom is 0.396 e. The first kappa shape index (κ1) is 39.2. The van der Waals surface area contributed by atoms with Crippen molar-refractivity contribution in [3.63, 3.8) is 0 Å². The van der Waals surface area contributed by atoms with Gasteiger partial charge in [-0.25, -0.2) is 18.2 Å². The van der Waals surface area contributed by atoms with Gasteiger partial charge in [-0.05, 0) is 36.8 Å². The molecule has 1 aliphatic heterocycles. The number of carbonyl (C=O) groups excluding carboxylic acids is 5. The number of nitrogens with zero attached hydrogens (tertiary/aromatic N) is 2. The lowest BCUT2D eigenvalue weighted by molar-refractivity contribution is -0.155. The SMILES string of the molecule is C=CC1CC1(NC(=O)C1CC(Oc2cc(-c3ccccc3)nc3cc(OC)ccc23)CN1C(=O)C(NC(=O)C(=O)OC)C(C)(C)C)C(=O)NS(=O)(=O)C1CC1. The Morgan fingerprint density at radius 3 is 2.35 bits per heavy atom. The average Bonchev–Trinajstić information content (AvgIpc) is 4.09. The lowest BCUT2D eigenvalue weighted by atomic mass is 9.85. The van der Waals surface area contributed by atoms with Crippen molar-refractivity contribution in [1.82, 2.24) is 25.2 Å². The highest BCUT2D eigenvalue weighted by Gasteiger charge is 2.62. The number of methoxy groups -OCH3 is 2. The van der Waals surface area contributed by atoms with E-state index in [1.165, 1.54) is 11.0 Å². The van der Waals surface area contributed by atoms with Crippen LogP contribution in [0.3, 0.4) is 0 Å². The number of pyridine rings is 1. The van der Waals surface area contributed by atoms with E-state index < -0.39 is 79.9 Å². The van der Waals surface area contributed by atoms with Crippen LogP contribution in [0, 0.1) is 11.3 Å². The third-order valence-corrected chi connectivity index (χ3v) is 12.0. The highest BCUT2D eigenvalue weighted by Crippen LogP contribution is 2.46. The van der Waals surface area contributed by atoms with Gasteiger partial charge in [-0.15, -0.1) is 6.58 Å². The van der Waals surface area contributed by atoms with Gasteiger partial charge in [0.25, 0.3) is 5.91 Å². The highest BCUT2D eigenvalue weighted by molar-refractivity contribution is 7.91. The molecule has 2 aliphatic carbocycles. The van der Waals surface area contributed by atoms with Crippen LogP contribution < -0.4 is 24.8 Å². The van der Waals surface area contributed by atoms with Gasteiger partial charge in [-0.1, -0.05) is 57.2 Å². The summed E-state index contributed by atoms with van der Waals surface area (Å²) in [7, 11) is -1.35. The van der Waals surface area contributed by atoms with Gasteiger partial charge in [0, 0.05) is 35.4 Å². The second-order valence-corrected chi connectivity index (χ2v) is 17.1. The molecule has 1 aromatic heterocycles. The van der Waals surface area contributed by atoms with Crippen molar-refractivity contribution >= 4 is 50.5 Å². The van der Waals surface area contributed by atoms with E-state index in [0.717, 1.165) is 12.7 Å². The minimum atomic E-state index is -3.94. The van der Waals surface area contributed by atoms with Crippen LogP contribution in [-0.4, -0.2) is 97.6 Å². The lowest BCUT2D eigenvalue weighted by Crippen LogP contribution is -2.60. The molecule has 5 unspecified atom stereocenters. The number of carbonyl (C=O) groups is 5. The molecule has 0 radical (unpaired) electrons. The van der Waals surface area contributed by atoms with Crippen LogP contribution in [0.4, 0.5) is 0 Å². The Morgan fingerprint density at radius 1 is 1.04 bits per heavy atom. The Kier molecular flexibility index (Phi) is 10.7. The normalized spacial score (nSPS) is 22.6. The maximum absolute atomic E-state index is 14.5. The molecule has 3 N–H and O–H groups in total. The number of hydrogen-bond acceptors (Lipinski definition) is 11. The summed E-state index contributed by atoms with van der Waals surface area (Å²) in [6.45, 7) is 8.70. The van der Waals surface area contributed by atoms with Crippen molar-refractivity contribution in [2.75, 3.05) is 20.8 Å². The van der Waals surface area contributed by atoms with E-state index in [4.69, 9.17) is 14.5 Å². The van der Waals surface area contributed by atoms with E-state index in [1.54, 1.807) is 52.1 Å². The van der Waals surface area contributed by atoms with Crippen LogP contribution in [0.1, 0.15) is 46.5 Å². The summed E-state index contributed by atoms with van der Waals surface area (Å²) in [4.78, 5) is 73.3. The summed E-state index contributed by atoms with van der Waals surface area (Å²) in [5.74, 6) is -4.21. The Balaban J connectivity index is 1.35. The highest BCUT2D eigenvalue weighted by atomic mass is 32.2. The second kappa shape index (κ2) is 15.0. The number of likely N-dealkylation sites (tertiary alicyclic amines) is 1. The predicted molar refractivity (Wildman–Crippen MR) is 201 cm³/mol. The van der Waals surface area contributed by atoms with Crippen LogP contribution in [-0.2, 0) is 38.7 Å². The Hall–Kier alpha value is -5.51. The number of esters is 1. The van der Waals surface area contributed by atoms with Crippen LogP contribution in [0.2, 0.25) is 0 Å². The summed E-state index contributed by atoms with van der Waals surface area (Å²) in [5, 5.41) is 5.19. The average molecular weight is 776 g/mol. The molecule has 15 nitrogen and oxygen atoms in total. The van der Waals surface area contributed by atoms with E-state index in [1.807, 2.05) is 30.3 Å². The molecule has 55 heavy (non-hydrogen) atoms. The van der Waals surface area contributed by atoms with Crippen molar-refractivity contribution in [2.45, 2.75) is 75.4 Å². The molecule has 16 heteroatoms. The Morgan fingerprint density at radius 2 is 1.75 bits per heavy atom. The molecule has 292 valence electrons. The molecular formula is C39H45N5O10S. The largest absolute Gasteiger partial charge is 0.497 e. The summed E-state index contributed by atoms with van der Waals surface area (Å²) in [6.07, 6.45) is 1.60. The van der Waals surface area contributed by atoms with Crippen LogP contribution in [0.25, 0.3) is 22.2 Å². The summed E-state index contributed by atoms with van der Waals surface area (Å²) >= 11 is 0. The quantitative estimate of drug-likeness (QED) is 0.139. The van der Waals surface area contributed by atoms with Crippen molar-refractivity contribution in [3.05, 3.63) is 67.3 Å². The minimum Gasteiger partial charge on any atom is -0.497 e. The Bertz CT molecular complexity index is 2150. The molecule has 1 saturated heterocycles. The fraction of sp³-hybridized carbons (Fsp3) is 0.436. The molecule has 3 fully saturated rings. The molecule has 0 spiro atoms. The van der Waals surface area contributed by atoms with E-state index in [2.05, 4.69) is 26.7 Å². The molecule has 3 aromatic rings. The molecular weight excluding hydrogens is 731 g/mol. The maximum atomic E-state index is 14.5. The number of hydrogen-bond donors (Lipinski definition) is 3. The predicted octanol–water partition coefficient (Wildman–Crippen LogP) is 2.63. The molecule has 5 atom stereocenters. The third kappa shape index (κ3) is 8.14. The zero-order chi connectivity index (χ0) is 39.9. The smallest absolute Gasteiger partial charge is 0.396 e. The van der Waals surface area contributed by atoms with E-state index in [0.29, 0.717) is 40.9 Å². The number of fused-ring (bicyclic) bond motifs is 1. The van der Waals surface area contributed by atoms with E-state index >= 15 is 0 Å². The second-order valence-electron chi connectivity index (χ2n) is 15.2. The fourth-order valence-electron chi connectivity index (χ4n) is 6.83. The van der Waals surface area contributed by atoms with Crippen molar-refractivity contribution in [1.29, 1.82) is 0 Å². The Labute approximate surface area is 319 Å². The lowest BCUT2D eigenvalue weighted by Gasteiger charge is -2.35. The van der Waals surface area contributed by atoms with Gasteiger partial charge < -0.3 is 29.7 Å². The van der Waals surface area contributed by atoms with Crippen LogP contribution in [0.5, 0.6) is 11.5 Å². The van der Waals surface area contributed by atoms with Crippen molar-refractivity contribution in [2.24, 2.45) is 11.3 Å². The van der Waals surface area contributed by atoms with Gasteiger partial charge in [0.05, 0.1) is 37.2 Å². The molecule has 4 amide bonds. The third-order valence-electron chi connectivity index (χ3n) is 10.2. The topological polar surface area (TPSA) is 199 Å². The summed E-state index contributed by atoms with van der Waals surface area (Å²) in [5.41, 5.74) is -0.558. The standard InChI is InChI=1S/C39H45N5O10S/c1-7-23-20-39(23,37(49)43-55(50,51)26-14-15-26)42-33(45)30-18-25(21-44(30)35(47)32(38(2,3)4)41-34(46)36(48)53-6)54-31-19-28(22-11-9-8-10-12-22)40-29-17-24(52-5)13-16-27(29)31/h7-13,16-17,19,23,25-26,30,32H,1,14-15,18,20-21H2,2-6H3,(H,41,46)(H,42,45)(H,43,49). The number of rotatable bonds is 12. The first-order valence-electron chi connectivity index (χ1n) is 17.9. The van der Waals surface area contributed by atoms with Crippen molar-refractivity contribution in [3.8, 4) is 22.8 Å². The van der Waals surface area contributed by atoms with Crippen molar-refractivity contribution < 1.29 is 46.6 Å². The van der Waals surface area contributed by atoms with Gasteiger partial charge in [-0.2, -0.15) is 0 Å². The molecule has 2 saturated carbocycles. The molecule has 2 aromatic carbocycles. The zero-order valence-corrected chi connectivity index (χ0v) is 32.1. The fourth-order valence-corrected chi connectivity index (χ4v) is 8.19. The number of ether oxygens (including phenoxy) is 3. The minimum absolute atomic E-state index is 0.0448. The molecule has 6 rings (SSSR count). The number of amides is 4. The molecule has 2 heterocycles. The van der Waals surface area contributed by atoms with Gasteiger partial charge in [0.2, 0.25) is 21.8 Å². The first-order chi connectivity index (χ1) is 26.0. The van der Waals surface area contributed by atoms with Gasteiger partial charge in [0.1, 0.15) is 35.2 Å². The van der Waals surface area contributed by atoms with E-state index in [-0.39, 0.29) is 19.4 Å². The number of aromatic nitrogens is 1.